The second-order valence-electron chi connectivity index (χ2n) is 7.26. The van der Waals surface area contributed by atoms with Crippen LogP contribution in [0.25, 0.3) is 11.0 Å². The molecular formula is C23H30N4O5. The summed E-state index contributed by atoms with van der Waals surface area (Å²) in [5, 5.41) is 13.5. The van der Waals surface area contributed by atoms with Gasteiger partial charge in [0.15, 0.2) is 6.10 Å². The third kappa shape index (κ3) is 5.61. The quantitative estimate of drug-likeness (QED) is 0.412. The van der Waals surface area contributed by atoms with E-state index in [2.05, 4.69) is 15.3 Å². The molecule has 0 amide bonds. The predicted octanol–water partition coefficient (Wildman–Crippen LogP) is 2.41. The van der Waals surface area contributed by atoms with Crippen LogP contribution in [0.2, 0.25) is 0 Å². The predicted molar refractivity (Wildman–Crippen MR) is 119 cm³/mol. The van der Waals surface area contributed by atoms with Crippen molar-refractivity contribution in [2.75, 3.05) is 13.7 Å². The van der Waals surface area contributed by atoms with Crippen LogP contribution in [0.1, 0.15) is 31.4 Å². The summed E-state index contributed by atoms with van der Waals surface area (Å²) in [6, 6.07) is 9.47. The molecule has 2 heterocycles. The van der Waals surface area contributed by atoms with E-state index in [0.717, 1.165) is 16.6 Å². The lowest BCUT2D eigenvalue weighted by Crippen LogP contribution is -2.44. The van der Waals surface area contributed by atoms with Gasteiger partial charge in [0.1, 0.15) is 24.1 Å². The van der Waals surface area contributed by atoms with Gasteiger partial charge in [-0.1, -0.05) is 37.3 Å². The van der Waals surface area contributed by atoms with Crippen LogP contribution in [-0.4, -0.2) is 51.5 Å². The molecule has 3 aromatic rings. The summed E-state index contributed by atoms with van der Waals surface area (Å²) in [7, 11) is 1.56. The number of benzene rings is 1. The van der Waals surface area contributed by atoms with Crippen molar-refractivity contribution in [2.45, 2.75) is 52.3 Å². The fraction of sp³-hybridized carbons (Fsp3) is 0.435. The fourth-order valence-electron chi connectivity index (χ4n) is 3.50. The zero-order chi connectivity index (χ0) is 22.9. The molecule has 0 fully saturated rings. The lowest BCUT2D eigenvalue weighted by atomic mass is 10.1. The van der Waals surface area contributed by atoms with E-state index >= 15 is 0 Å². The number of methoxy groups -OCH3 is 1. The van der Waals surface area contributed by atoms with Gasteiger partial charge in [-0.05, 0) is 18.9 Å². The molecule has 2 aromatic heterocycles. The van der Waals surface area contributed by atoms with Crippen molar-refractivity contribution in [3.8, 4) is 5.88 Å². The second-order valence-corrected chi connectivity index (χ2v) is 7.26. The van der Waals surface area contributed by atoms with Gasteiger partial charge in [0, 0.05) is 24.3 Å². The molecule has 32 heavy (non-hydrogen) atoms. The average Bonchev–Trinajstić information content (AvgIpc) is 3.18. The minimum absolute atomic E-state index is 0.222. The number of hydrogen-bond acceptors (Lipinski definition) is 8. The molecule has 0 aliphatic rings. The number of nitrogens with zero attached hydrogens (tertiary/aromatic N) is 3. The van der Waals surface area contributed by atoms with Crippen LogP contribution >= 0.6 is 0 Å². The fourth-order valence-corrected chi connectivity index (χ4v) is 3.50. The number of esters is 1. The first-order valence-corrected chi connectivity index (χ1v) is 10.6. The molecule has 0 spiro atoms. The molecule has 0 saturated heterocycles. The van der Waals surface area contributed by atoms with Crippen LogP contribution in [-0.2, 0) is 34.2 Å². The van der Waals surface area contributed by atoms with Crippen molar-refractivity contribution >= 4 is 17.0 Å². The Morgan fingerprint density at radius 2 is 2.00 bits per heavy atom. The first-order valence-electron chi connectivity index (χ1n) is 10.6. The Hall–Kier alpha value is -3.01. The third-order valence-electron chi connectivity index (χ3n) is 5.13. The lowest BCUT2D eigenvalue weighted by molar-refractivity contribution is -0.154. The minimum atomic E-state index is -1.24. The summed E-state index contributed by atoms with van der Waals surface area (Å²) in [6.07, 6.45) is 2.68. The number of nitrogens with one attached hydrogen (secondary N) is 1. The van der Waals surface area contributed by atoms with Crippen LogP contribution in [0.15, 0.2) is 42.9 Å². The highest BCUT2D eigenvalue weighted by atomic mass is 16.5. The number of carbonyl (C=O) groups is 1. The standard InChI is InChI=1S/C23H30N4O5/c1-4-18(21(28)23(29)32-5-2)24-11-17-12-27(15-31-13-16-9-7-6-8-10-16)20-19(17)25-14-26-22(20)30-3/h6-10,12,14,18,21,24,28H,4-5,11,13,15H2,1-3H3/t18-,21-/m1/s1. The first kappa shape index (κ1) is 23.6. The van der Waals surface area contributed by atoms with E-state index in [1.807, 2.05) is 48.0 Å². The molecule has 172 valence electrons. The van der Waals surface area contributed by atoms with E-state index in [4.69, 9.17) is 14.2 Å². The number of aliphatic hydroxyl groups excluding tert-OH is 1. The SMILES string of the molecule is CCOC(=O)[C@H](O)[C@@H](CC)NCc1cn(COCc2ccccc2)c2c(OC)ncnc12. The van der Waals surface area contributed by atoms with Gasteiger partial charge >= 0.3 is 5.97 Å². The summed E-state index contributed by atoms with van der Waals surface area (Å²) in [5.74, 6) is -0.184. The molecule has 2 N–H and O–H groups in total. The molecule has 0 aliphatic carbocycles. The molecule has 2 atom stereocenters. The van der Waals surface area contributed by atoms with E-state index < -0.39 is 18.1 Å². The minimum Gasteiger partial charge on any atom is -0.479 e. The van der Waals surface area contributed by atoms with Crippen LogP contribution in [0.4, 0.5) is 0 Å². The number of rotatable bonds is 12. The van der Waals surface area contributed by atoms with Gasteiger partial charge < -0.3 is 29.2 Å². The zero-order valence-electron chi connectivity index (χ0n) is 18.7. The Morgan fingerprint density at radius 3 is 2.69 bits per heavy atom. The van der Waals surface area contributed by atoms with Crippen molar-refractivity contribution < 1.29 is 24.1 Å². The number of aromatic nitrogens is 3. The Bertz CT molecular complexity index is 1010. The smallest absolute Gasteiger partial charge is 0.336 e. The zero-order valence-corrected chi connectivity index (χ0v) is 18.7. The monoisotopic (exact) mass is 442 g/mol. The van der Waals surface area contributed by atoms with Gasteiger partial charge in [-0.2, -0.15) is 4.98 Å². The van der Waals surface area contributed by atoms with Gasteiger partial charge in [0.05, 0.1) is 20.3 Å². The van der Waals surface area contributed by atoms with E-state index in [-0.39, 0.29) is 13.3 Å². The van der Waals surface area contributed by atoms with Gasteiger partial charge in [-0.25, -0.2) is 9.78 Å². The number of aliphatic hydroxyl groups is 1. The highest BCUT2D eigenvalue weighted by molar-refractivity contribution is 5.84. The van der Waals surface area contributed by atoms with Crippen LogP contribution < -0.4 is 10.1 Å². The number of ether oxygens (including phenoxy) is 3. The van der Waals surface area contributed by atoms with Gasteiger partial charge in [-0.3, -0.25) is 0 Å². The van der Waals surface area contributed by atoms with E-state index in [9.17, 15) is 9.90 Å². The largest absolute Gasteiger partial charge is 0.479 e. The highest BCUT2D eigenvalue weighted by Gasteiger charge is 2.26. The maximum atomic E-state index is 11.9. The van der Waals surface area contributed by atoms with Crippen molar-refractivity contribution in [3.05, 3.63) is 54.0 Å². The number of carbonyl (C=O) groups excluding carboxylic acids is 1. The Balaban J connectivity index is 1.77. The van der Waals surface area contributed by atoms with Crippen LogP contribution in [0.3, 0.4) is 0 Å². The molecule has 1 aromatic carbocycles. The Morgan fingerprint density at radius 1 is 1.22 bits per heavy atom. The Labute approximate surface area is 187 Å². The van der Waals surface area contributed by atoms with Crippen molar-refractivity contribution in [2.24, 2.45) is 0 Å². The van der Waals surface area contributed by atoms with Gasteiger partial charge in [0.2, 0.25) is 5.88 Å². The van der Waals surface area contributed by atoms with Crippen LogP contribution in [0.5, 0.6) is 5.88 Å². The highest BCUT2D eigenvalue weighted by Crippen LogP contribution is 2.26. The van der Waals surface area contributed by atoms with Gasteiger partial charge in [-0.15, -0.1) is 0 Å². The molecule has 0 aliphatic heterocycles. The average molecular weight is 443 g/mol. The summed E-state index contributed by atoms with van der Waals surface area (Å²) in [5.41, 5.74) is 3.39. The first-order chi connectivity index (χ1) is 15.6. The maximum absolute atomic E-state index is 11.9. The van der Waals surface area contributed by atoms with Crippen molar-refractivity contribution in [1.29, 1.82) is 0 Å². The maximum Gasteiger partial charge on any atom is 0.336 e. The van der Waals surface area contributed by atoms with Crippen molar-refractivity contribution in [3.63, 3.8) is 0 Å². The molecule has 0 bridgehead atoms. The Kier molecular flexibility index (Phi) is 8.55. The topological polar surface area (TPSA) is 108 Å². The number of fused-ring (bicyclic) bond motifs is 1. The molecule has 9 heteroatoms. The number of hydrogen-bond donors (Lipinski definition) is 2. The third-order valence-corrected chi connectivity index (χ3v) is 5.13. The van der Waals surface area contributed by atoms with Crippen molar-refractivity contribution in [1.82, 2.24) is 19.9 Å². The summed E-state index contributed by atoms with van der Waals surface area (Å²) in [4.78, 5) is 20.6. The summed E-state index contributed by atoms with van der Waals surface area (Å²) in [6.45, 7) is 4.97. The molecule has 9 nitrogen and oxygen atoms in total. The lowest BCUT2D eigenvalue weighted by Gasteiger charge is -2.21. The normalized spacial score (nSPS) is 13.1. The molecule has 0 saturated carbocycles. The summed E-state index contributed by atoms with van der Waals surface area (Å²) < 4.78 is 18.2. The summed E-state index contributed by atoms with van der Waals surface area (Å²) >= 11 is 0. The molecule has 3 rings (SSSR count). The van der Waals surface area contributed by atoms with E-state index in [1.165, 1.54) is 6.33 Å². The van der Waals surface area contributed by atoms with Gasteiger partial charge in [0.25, 0.3) is 0 Å². The van der Waals surface area contributed by atoms with E-state index in [0.29, 0.717) is 31.0 Å². The van der Waals surface area contributed by atoms with Crippen LogP contribution in [0, 0.1) is 0 Å². The second kappa shape index (κ2) is 11.6. The molecule has 0 unspecified atom stereocenters. The molecule has 0 radical (unpaired) electrons. The molecular weight excluding hydrogens is 412 g/mol. The van der Waals surface area contributed by atoms with E-state index in [1.54, 1.807) is 14.0 Å².